The molecule has 2 N–H and O–H groups in total. The van der Waals surface area contributed by atoms with Gasteiger partial charge in [-0.1, -0.05) is 49.2 Å². The van der Waals surface area contributed by atoms with Gasteiger partial charge in [-0.25, -0.2) is 4.79 Å². The maximum absolute atomic E-state index is 12.7. The molecule has 0 atom stereocenters. The summed E-state index contributed by atoms with van der Waals surface area (Å²) in [4.78, 5) is 38.3. The van der Waals surface area contributed by atoms with E-state index in [1.165, 1.54) is 23.1 Å². The molecule has 0 aliphatic heterocycles. The third-order valence-corrected chi connectivity index (χ3v) is 7.02. The van der Waals surface area contributed by atoms with E-state index in [2.05, 4.69) is 10.6 Å². The molecule has 0 aliphatic rings. The second-order valence-corrected chi connectivity index (χ2v) is 9.88. The third kappa shape index (κ3) is 7.70. The largest absolute Gasteiger partial charge is 0.462 e. The first-order valence-corrected chi connectivity index (χ1v) is 13.5. The molecule has 0 spiro atoms. The SMILES string of the molecule is CCCCC(=O)Nc1cccc(SCC(=O)Nc2scc(-c3ccc(C)cc3)c2C(=O)OCC)c1. The van der Waals surface area contributed by atoms with Gasteiger partial charge in [0.2, 0.25) is 11.8 Å². The van der Waals surface area contributed by atoms with Gasteiger partial charge in [-0.05, 0) is 44.0 Å². The molecule has 8 heteroatoms. The van der Waals surface area contributed by atoms with E-state index >= 15 is 0 Å². The lowest BCUT2D eigenvalue weighted by atomic mass is 10.0. The number of carbonyl (C=O) groups excluding carboxylic acids is 3. The highest BCUT2D eigenvalue weighted by Crippen LogP contribution is 2.36. The van der Waals surface area contributed by atoms with Crippen LogP contribution in [-0.4, -0.2) is 30.1 Å². The second kappa shape index (κ2) is 13.1. The van der Waals surface area contributed by atoms with Gasteiger partial charge in [0.15, 0.2) is 0 Å². The quantitative estimate of drug-likeness (QED) is 0.220. The van der Waals surface area contributed by atoms with Crippen LogP contribution in [0, 0.1) is 6.92 Å². The van der Waals surface area contributed by atoms with Crippen LogP contribution in [0.4, 0.5) is 10.7 Å². The molecule has 35 heavy (non-hydrogen) atoms. The second-order valence-electron chi connectivity index (χ2n) is 7.96. The van der Waals surface area contributed by atoms with Crippen molar-refractivity contribution in [3.05, 3.63) is 65.0 Å². The normalized spacial score (nSPS) is 10.6. The summed E-state index contributed by atoms with van der Waals surface area (Å²) in [5, 5.41) is 8.11. The van der Waals surface area contributed by atoms with Gasteiger partial charge in [0, 0.05) is 27.9 Å². The highest BCUT2D eigenvalue weighted by Gasteiger charge is 2.22. The number of esters is 1. The van der Waals surface area contributed by atoms with Crippen LogP contribution in [0.25, 0.3) is 11.1 Å². The Balaban J connectivity index is 1.68. The summed E-state index contributed by atoms with van der Waals surface area (Å²) in [5.41, 5.74) is 3.83. The van der Waals surface area contributed by atoms with Crippen molar-refractivity contribution in [1.82, 2.24) is 0 Å². The maximum Gasteiger partial charge on any atom is 0.341 e. The van der Waals surface area contributed by atoms with Gasteiger partial charge in [0.1, 0.15) is 10.6 Å². The number of unbranched alkanes of at least 4 members (excludes halogenated alkanes) is 1. The summed E-state index contributed by atoms with van der Waals surface area (Å²) < 4.78 is 5.27. The predicted molar refractivity (Wildman–Crippen MR) is 144 cm³/mol. The van der Waals surface area contributed by atoms with E-state index in [9.17, 15) is 14.4 Å². The van der Waals surface area contributed by atoms with Gasteiger partial charge in [-0.3, -0.25) is 9.59 Å². The number of rotatable bonds is 11. The van der Waals surface area contributed by atoms with Gasteiger partial charge in [0.25, 0.3) is 0 Å². The first-order valence-electron chi connectivity index (χ1n) is 11.6. The van der Waals surface area contributed by atoms with Crippen LogP contribution in [0.1, 0.15) is 49.0 Å². The van der Waals surface area contributed by atoms with Gasteiger partial charge in [0.05, 0.1) is 12.4 Å². The number of aryl methyl sites for hydroxylation is 1. The van der Waals surface area contributed by atoms with Crippen molar-refractivity contribution in [2.24, 2.45) is 0 Å². The number of thiophene rings is 1. The molecule has 0 unspecified atom stereocenters. The number of amides is 2. The Kier molecular flexibility index (Phi) is 9.93. The number of benzene rings is 2. The van der Waals surface area contributed by atoms with Gasteiger partial charge in [-0.15, -0.1) is 23.1 Å². The van der Waals surface area contributed by atoms with E-state index in [0.29, 0.717) is 22.7 Å². The Bertz CT molecular complexity index is 1170. The summed E-state index contributed by atoms with van der Waals surface area (Å²) >= 11 is 2.67. The third-order valence-electron chi connectivity index (χ3n) is 5.13. The smallest absolute Gasteiger partial charge is 0.341 e. The summed E-state index contributed by atoms with van der Waals surface area (Å²) in [5.74, 6) is -0.540. The molecule has 1 heterocycles. The lowest BCUT2D eigenvalue weighted by Gasteiger charge is -2.10. The molecule has 3 aromatic rings. The van der Waals surface area contributed by atoms with Crippen molar-refractivity contribution in [2.75, 3.05) is 23.0 Å². The van der Waals surface area contributed by atoms with E-state index in [1.54, 1.807) is 6.92 Å². The van der Waals surface area contributed by atoms with Crippen molar-refractivity contribution in [2.45, 2.75) is 44.9 Å². The molecule has 0 fully saturated rings. The van der Waals surface area contributed by atoms with Crippen molar-refractivity contribution in [1.29, 1.82) is 0 Å². The zero-order chi connectivity index (χ0) is 25.2. The average molecular weight is 511 g/mol. The predicted octanol–water partition coefficient (Wildman–Crippen LogP) is 6.76. The molecule has 0 bridgehead atoms. The van der Waals surface area contributed by atoms with Crippen LogP contribution >= 0.6 is 23.1 Å². The number of hydrogen-bond acceptors (Lipinski definition) is 6. The lowest BCUT2D eigenvalue weighted by Crippen LogP contribution is -2.16. The van der Waals surface area contributed by atoms with E-state index in [-0.39, 0.29) is 24.2 Å². The van der Waals surface area contributed by atoms with Crippen molar-refractivity contribution < 1.29 is 19.1 Å². The highest BCUT2D eigenvalue weighted by atomic mass is 32.2. The number of thioether (sulfide) groups is 1. The van der Waals surface area contributed by atoms with Crippen molar-refractivity contribution in [3.63, 3.8) is 0 Å². The van der Waals surface area contributed by atoms with Crippen molar-refractivity contribution in [3.8, 4) is 11.1 Å². The van der Waals surface area contributed by atoms with Crippen LogP contribution in [-0.2, 0) is 14.3 Å². The molecular formula is C27H30N2O4S2. The molecule has 3 rings (SSSR count). The molecule has 0 radical (unpaired) electrons. The Hall–Kier alpha value is -3.10. The zero-order valence-electron chi connectivity index (χ0n) is 20.2. The summed E-state index contributed by atoms with van der Waals surface area (Å²) in [7, 11) is 0. The maximum atomic E-state index is 12.7. The van der Waals surface area contributed by atoms with Gasteiger partial charge < -0.3 is 15.4 Å². The molecule has 2 amide bonds. The Morgan fingerprint density at radius 1 is 1.00 bits per heavy atom. The Morgan fingerprint density at radius 3 is 2.49 bits per heavy atom. The van der Waals surface area contributed by atoms with E-state index < -0.39 is 5.97 Å². The number of hydrogen-bond donors (Lipinski definition) is 2. The van der Waals surface area contributed by atoms with E-state index in [0.717, 1.165) is 34.4 Å². The lowest BCUT2D eigenvalue weighted by molar-refractivity contribution is -0.116. The summed E-state index contributed by atoms with van der Waals surface area (Å²) in [6, 6.07) is 15.3. The van der Waals surface area contributed by atoms with Crippen LogP contribution in [0.5, 0.6) is 0 Å². The van der Waals surface area contributed by atoms with E-state index in [4.69, 9.17) is 4.74 Å². The van der Waals surface area contributed by atoms with Crippen LogP contribution in [0.2, 0.25) is 0 Å². The minimum absolute atomic E-state index is 0.0136. The standard InChI is InChI=1S/C27H30N2O4S2/c1-4-6-10-23(30)28-20-8-7-9-21(15-20)34-17-24(31)29-26-25(27(32)33-5-2)22(16-35-26)19-13-11-18(3)12-14-19/h7-9,11-16H,4-6,10,17H2,1-3H3,(H,28,30)(H,29,31). The fourth-order valence-corrected chi connectivity index (χ4v) is 5.07. The summed E-state index contributed by atoms with van der Waals surface area (Å²) in [6.45, 7) is 6.05. The van der Waals surface area contributed by atoms with Crippen LogP contribution in [0.3, 0.4) is 0 Å². The number of nitrogens with one attached hydrogen (secondary N) is 2. The Morgan fingerprint density at radius 2 is 1.77 bits per heavy atom. The molecule has 6 nitrogen and oxygen atoms in total. The van der Waals surface area contributed by atoms with Gasteiger partial charge in [-0.2, -0.15) is 0 Å². The number of anilines is 2. The average Bonchev–Trinajstić information content (AvgIpc) is 3.25. The van der Waals surface area contributed by atoms with Crippen LogP contribution in [0.15, 0.2) is 58.8 Å². The van der Waals surface area contributed by atoms with E-state index in [1.807, 2.05) is 67.8 Å². The monoisotopic (exact) mass is 510 g/mol. The molecule has 1 aromatic heterocycles. The van der Waals surface area contributed by atoms with Crippen LogP contribution < -0.4 is 10.6 Å². The topological polar surface area (TPSA) is 84.5 Å². The highest BCUT2D eigenvalue weighted by molar-refractivity contribution is 8.00. The number of carbonyl (C=O) groups is 3. The zero-order valence-corrected chi connectivity index (χ0v) is 21.8. The minimum Gasteiger partial charge on any atom is -0.462 e. The molecule has 0 aliphatic carbocycles. The fourth-order valence-electron chi connectivity index (χ4n) is 3.34. The number of ether oxygens (including phenoxy) is 1. The molecule has 2 aromatic carbocycles. The molecular weight excluding hydrogens is 480 g/mol. The first kappa shape index (κ1) is 26.5. The van der Waals surface area contributed by atoms with Crippen molar-refractivity contribution >= 4 is 51.6 Å². The molecule has 0 saturated carbocycles. The fraction of sp³-hybridized carbons (Fsp3) is 0.296. The summed E-state index contributed by atoms with van der Waals surface area (Å²) in [6.07, 6.45) is 2.31. The Labute approximate surface area is 214 Å². The molecule has 0 saturated heterocycles. The minimum atomic E-state index is -0.459. The molecule has 184 valence electrons. The van der Waals surface area contributed by atoms with Gasteiger partial charge >= 0.3 is 5.97 Å². The first-order chi connectivity index (χ1) is 16.9.